The molecule has 0 aliphatic carbocycles. The van der Waals surface area contributed by atoms with E-state index in [0.29, 0.717) is 6.07 Å². The molecule has 1 rings (SSSR count). The number of hydrogen-bond donors (Lipinski definition) is 2. The molecule has 0 spiro atoms. The van der Waals surface area contributed by atoms with E-state index in [9.17, 15) is 17.4 Å². The van der Waals surface area contributed by atoms with Gasteiger partial charge in [-0.05, 0) is 18.2 Å². The zero-order chi connectivity index (χ0) is 11.6. The van der Waals surface area contributed by atoms with E-state index in [1.54, 1.807) is 0 Å². The van der Waals surface area contributed by atoms with Gasteiger partial charge in [0.1, 0.15) is 0 Å². The Morgan fingerprint density at radius 1 is 1.40 bits per heavy atom. The number of anilines is 1. The van der Waals surface area contributed by atoms with Crippen LogP contribution in [0.25, 0.3) is 0 Å². The largest absolute Gasteiger partial charge is 0.416 e. The van der Waals surface area contributed by atoms with Crippen molar-refractivity contribution in [3.8, 4) is 0 Å². The molecule has 3 nitrogen and oxygen atoms in total. The Balaban J connectivity index is 3.11. The highest BCUT2D eigenvalue weighted by molar-refractivity contribution is 7.80. The quantitative estimate of drug-likeness (QED) is 0.803. The molecule has 0 saturated carbocycles. The SMILES string of the molecule is O=S(O)Nc1cc(C(F)(F)F)ccc1Cl. The molecule has 0 aliphatic heterocycles. The van der Waals surface area contributed by atoms with Crippen LogP contribution < -0.4 is 4.72 Å². The predicted octanol–water partition coefficient (Wildman–Crippen LogP) is 2.91. The number of rotatable bonds is 2. The predicted molar refractivity (Wildman–Crippen MR) is 50.8 cm³/mol. The maximum atomic E-state index is 12.2. The summed E-state index contributed by atoms with van der Waals surface area (Å²) in [6, 6.07) is 2.45. The van der Waals surface area contributed by atoms with Gasteiger partial charge in [0.05, 0.1) is 16.3 Å². The van der Waals surface area contributed by atoms with Crippen molar-refractivity contribution in [3.63, 3.8) is 0 Å². The van der Waals surface area contributed by atoms with Crippen LogP contribution in [0, 0.1) is 0 Å². The van der Waals surface area contributed by atoms with Crippen molar-refractivity contribution in [2.24, 2.45) is 0 Å². The lowest BCUT2D eigenvalue weighted by Gasteiger charge is -2.09. The van der Waals surface area contributed by atoms with Gasteiger partial charge >= 0.3 is 6.18 Å². The Bertz CT molecular complexity index is 396. The molecule has 1 aromatic rings. The molecule has 0 heterocycles. The van der Waals surface area contributed by atoms with Crippen LogP contribution >= 0.6 is 11.6 Å². The summed E-state index contributed by atoms with van der Waals surface area (Å²) in [6.45, 7) is 0. The molecule has 84 valence electrons. The Labute approximate surface area is 90.7 Å². The molecule has 0 amide bonds. The van der Waals surface area contributed by atoms with Crippen molar-refractivity contribution >= 4 is 28.6 Å². The first-order chi connectivity index (χ1) is 6.80. The second-order valence-electron chi connectivity index (χ2n) is 2.54. The zero-order valence-corrected chi connectivity index (χ0v) is 8.58. The first-order valence-corrected chi connectivity index (χ1v) is 5.03. The van der Waals surface area contributed by atoms with E-state index >= 15 is 0 Å². The van der Waals surface area contributed by atoms with Crippen molar-refractivity contribution in [1.82, 2.24) is 0 Å². The molecule has 0 aromatic heterocycles. The van der Waals surface area contributed by atoms with E-state index < -0.39 is 23.0 Å². The van der Waals surface area contributed by atoms with E-state index in [0.717, 1.165) is 12.1 Å². The Kier molecular flexibility index (Phi) is 3.58. The normalized spacial score (nSPS) is 13.7. The highest BCUT2D eigenvalue weighted by Crippen LogP contribution is 2.33. The smallest absolute Gasteiger partial charge is 0.289 e. The van der Waals surface area contributed by atoms with Crippen LogP contribution in [0.2, 0.25) is 5.02 Å². The van der Waals surface area contributed by atoms with Crippen LogP contribution in [0.1, 0.15) is 5.56 Å². The molecule has 0 saturated heterocycles. The van der Waals surface area contributed by atoms with Gasteiger partial charge in [-0.2, -0.15) is 13.2 Å². The van der Waals surface area contributed by atoms with E-state index in [-0.39, 0.29) is 10.7 Å². The molecule has 1 unspecified atom stereocenters. The van der Waals surface area contributed by atoms with Gasteiger partial charge in [0.25, 0.3) is 11.3 Å². The number of hydrogen-bond acceptors (Lipinski definition) is 1. The van der Waals surface area contributed by atoms with Gasteiger partial charge in [-0.15, -0.1) is 0 Å². The molecular weight excluding hydrogens is 255 g/mol. The summed E-state index contributed by atoms with van der Waals surface area (Å²) in [7, 11) is 0. The minimum Gasteiger partial charge on any atom is -0.289 e. The maximum absolute atomic E-state index is 12.2. The number of halogens is 4. The maximum Gasteiger partial charge on any atom is 0.416 e. The lowest BCUT2D eigenvalue weighted by molar-refractivity contribution is -0.137. The fourth-order valence-electron chi connectivity index (χ4n) is 0.874. The summed E-state index contributed by atoms with van der Waals surface area (Å²) in [5, 5.41) is -0.0644. The number of benzene rings is 1. The second-order valence-corrected chi connectivity index (χ2v) is 3.65. The molecule has 8 heteroatoms. The number of alkyl halides is 3. The van der Waals surface area contributed by atoms with Crippen molar-refractivity contribution in [3.05, 3.63) is 28.8 Å². The molecule has 2 N–H and O–H groups in total. The first-order valence-electron chi connectivity index (χ1n) is 3.55. The van der Waals surface area contributed by atoms with Gasteiger partial charge < -0.3 is 0 Å². The van der Waals surface area contributed by atoms with Crippen molar-refractivity contribution in [2.75, 3.05) is 4.72 Å². The topological polar surface area (TPSA) is 49.3 Å². The third-order valence-electron chi connectivity index (χ3n) is 1.49. The van der Waals surface area contributed by atoms with Crippen LogP contribution in [0.4, 0.5) is 18.9 Å². The van der Waals surface area contributed by atoms with Crippen LogP contribution in [0.5, 0.6) is 0 Å². The summed E-state index contributed by atoms with van der Waals surface area (Å²) in [4.78, 5) is 0. The van der Waals surface area contributed by atoms with Gasteiger partial charge in [-0.3, -0.25) is 9.27 Å². The fraction of sp³-hybridized carbons (Fsp3) is 0.143. The average Bonchev–Trinajstić information content (AvgIpc) is 2.06. The highest BCUT2D eigenvalue weighted by Gasteiger charge is 2.31. The minimum atomic E-state index is -4.52. The Morgan fingerprint density at radius 2 is 2.00 bits per heavy atom. The molecule has 1 atom stereocenters. The van der Waals surface area contributed by atoms with Crippen molar-refractivity contribution in [2.45, 2.75) is 6.18 Å². The lowest BCUT2D eigenvalue weighted by atomic mass is 10.2. The zero-order valence-electron chi connectivity index (χ0n) is 7.01. The number of nitrogens with one attached hydrogen (secondary N) is 1. The Hall–Kier alpha value is -0.790. The molecule has 0 radical (unpaired) electrons. The summed E-state index contributed by atoms with van der Waals surface area (Å²) in [5.74, 6) is 0. The summed E-state index contributed by atoms with van der Waals surface area (Å²) >= 11 is 3.05. The first kappa shape index (κ1) is 12.3. The van der Waals surface area contributed by atoms with Gasteiger partial charge in [-0.1, -0.05) is 11.6 Å². The van der Waals surface area contributed by atoms with E-state index in [1.807, 2.05) is 4.72 Å². The van der Waals surface area contributed by atoms with Crippen LogP contribution in [-0.4, -0.2) is 8.76 Å². The van der Waals surface area contributed by atoms with Crippen LogP contribution in [0.15, 0.2) is 18.2 Å². The van der Waals surface area contributed by atoms with Gasteiger partial charge in [0, 0.05) is 0 Å². The second kappa shape index (κ2) is 4.38. The summed E-state index contributed by atoms with van der Waals surface area (Å²) in [6.07, 6.45) is -4.52. The van der Waals surface area contributed by atoms with E-state index in [2.05, 4.69) is 0 Å². The van der Waals surface area contributed by atoms with Crippen molar-refractivity contribution in [1.29, 1.82) is 0 Å². The fourth-order valence-corrected chi connectivity index (χ4v) is 1.45. The summed E-state index contributed by atoms with van der Waals surface area (Å²) < 4.78 is 57.4. The molecule has 0 bridgehead atoms. The van der Waals surface area contributed by atoms with Gasteiger partial charge in [0.2, 0.25) is 0 Å². The summed E-state index contributed by atoms with van der Waals surface area (Å²) in [5.41, 5.74) is -1.19. The van der Waals surface area contributed by atoms with E-state index in [1.165, 1.54) is 0 Å². The molecule has 0 fully saturated rings. The van der Waals surface area contributed by atoms with Crippen LogP contribution in [0.3, 0.4) is 0 Å². The molecular formula is C7H5ClF3NO2S. The average molecular weight is 260 g/mol. The van der Waals surface area contributed by atoms with E-state index in [4.69, 9.17) is 16.2 Å². The third-order valence-corrected chi connectivity index (χ3v) is 2.22. The Morgan fingerprint density at radius 3 is 2.47 bits per heavy atom. The highest BCUT2D eigenvalue weighted by atomic mass is 35.5. The van der Waals surface area contributed by atoms with Gasteiger partial charge in [-0.25, -0.2) is 4.21 Å². The third kappa shape index (κ3) is 3.37. The lowest BCUT2D eigenvalue weighted by Crippen LogP contribution is -2.07. The monoisotopic (exact) mass is 259 g/mol. The standard InChI is InChI=1S/C7H5ClF3NO2S/c8-5-2-1-4(7(9,10)11)3-6(5)12-15(13)14/h1-3,12H,(H,13,14). The van der Waals surface area contributed by atoms with Crippen LogP contribution in [-0.2, 0) is 17.4 Å². The van der Waals surface area contributed by atoms with Crippen molar-refractivity contribution < 1.29 is 21.9 Å². The molecule has 0 aliphatic rings. The van der Waals surface area contributed by atoms with Gasteiger partial charge in [0.15, 0.2) is 0 Å². The molecule has 15 heavy (non-hydrogen) atoms. The molecule has 1 aromatic carbocycles. The minimum absolute atomic E-state index is 0.0644.